The third-order valence-corrected chi connectivity index (χ3v) is 7.01. The van der Waals surface area contributed by atoms with E-state index in [1.54, 1.807) is 13.8 Å². The van der Waals surface area contributed by atoms with Crippen LogP contribution in [0.3, 0.4) is 0 Å². The summed E-state index contributed by atoms with van der Waals surface area (Å²) in [5, 5.41) is 18.9. The van der Waals surface area contributed by atoms with Crippen LogP contribution in [-0.4, -0.2) is 30.3 Å². The molecule has 38 heavy (non-hydrogen) atoms. The molecule has 0 radical (unpaired) electrons. The van der Waals surface area contributed by atoms with Gasteiger partial charge in [-0.25, -0.2) is 0 Å². The van der Waals surface area contributed by atoms with Gasteiger partial charge in [0.1, 0.15) is 23.2 Å². The number of nitrogens with zero attached hydrogens (tertiary/aromatic N) is 2. The van der Waals surface area contributed by atoms with E-state index in [-0.39, 0.29) is 18.4 Å². The van der Waals surface area contributed by atoms with Gasteiger partial charge in [-0.05, 0) is 80.5 Å². The van der Waals surface area contributed by atoms with Crippen LogP contribution in [0.4, 0.5) is 5.69 Å². The molecule has 2 N–H and O–H groups in total. The minimum Gasteiger partial charge on any atom is -0.458 e. The van der Waals surface area contributed by atoms with Crippen molar-refractivity contribution in [3.05, 3.63) is 81.9 Å². The zero-order valence-corrected chi connectivity index (χ0v) is 23.5. The lowest BCUT2D eigenvalue weighted by molar-refractivity contribution is -0.121. The molecule has 0 spiro atoms. The number of rotatable bonds is 10. The van der Waals surface area contributed by atoms with Crippen LogP contribution in [0, 0.1) is 26.7 Å². The number of aliphatic hydroxyl groups is 1. The minimum atomic E-state index is -0.970. The molecule has 202 valence electrons. The number of fused-ring (bicyclic) bond motifs is 1. The molecular formula is C31H39N3O4. The molecule has 7 nitrogen and oxygen atoms in total. The Hall–Kier alpha value is -3.58. The number of carbonyl (C=O) groups is 1. The number of amides is 1. The summed E-state index contributed by atoms with van der Waals surface area (Å²) in [5.41, 5.74) is 6.24. The first kappa shape index (κ1) is 27.5. The van der Waals surface area contributed by atoms with E-state index in [4.69, 9.17) is 8.94 Å². The molecule has 0 aliphatic heterocycles. The smallest absolute Gasteiger partial charge is 0.224 e. The summed E-state index contributed by atoms with van der Waals surface area (Å²) >= 11 is 0. The lowest BCUT2D eigenvalue weighted by atomic mass is 9.94. The van der Waals surface area contributed by atoms with Gasteiger partial charge in [-0.2, -0.15) is 0 Å². The van der Waals surface area contributed by atoms with Gasteiger partial charge in [0, 0.05) is 25.2 Å². The van der Waals surface area contributed by atoms with Gasteiger partial charge in [0.05, 0.1) is 23.7 Å². The Morgan fingerprint density at radius 1 is 1.05 bits per heavy atom. The Labute approximate surface area is 224 Å². The Balaban J connectivity index is 1.53. The third-order valence-electron chi connectivity index (χ3n) is 7.01. The number of aromatic nitrogens is 1. The molecule has 0 aliphatic carbocycles. The van der Waals surface area contributed by atoms with Gasteiger partial charge < -0.3 is 24.3 Å². The molecule has 0 fully saturated rings. The van der Waals surface area contributed by atoms with Crippen LogP contribution in [0.2, 0.25) is 0 Å². The number of furan rings is 1. The first-order chi connectivity index (χ1) is 18.0. The van der Waals surface area contributed by atoms with Gasteiger partial charge in [-0.3, -0.25) is 4.79 Å². The molecule has 2 atom stereocenters. The maximum absolute atomic E-state index is 13.3. The van der Waals surface area contributed by atoms with Crippen molar-refractivity contribution in [3.8, 4) is 0 Å². The summed E-state index contributed by atoms with van der Waals surface area (Å²) in [6.07, 6.45) is 1.17. The highest BCUT2D eigenvalue weighted by Gasteiger charge is 2.24. The van der Waals surface area contributed by atoms with Crippen molar-refractivity contribution in [3.63, 3.8) is 0 Å². The van der Waals surface area contributed by atoms with E-state index in [0.717, 1.165) is 35.0 Å². The van der Waals surface area contributed by atoms with Gasteiger partial charge in [0.25, 0.3) is 0 Å². The largest absolute Gasteiger partial charge is 0.458 e. The summed E-state index contributed by atoms with van der Waals surface area (Å²) in [5.74, 6) is 1.50. The standard InChI is InChI=1S/C31H39N3O4/c1-18(2)8-12-25(24-11-9-19(3)14-26(24)34(6)7)32-29(35)16-22-10-13-27-23(15-22)17-28(37-27)31(36)30-20(4)33-38-21(30)5/h9-11,13-15,17-18,25,31,36H,8,12,16H2,1-7H3,(H,32,35). The van der Waals surface area contributed by atoms with Crippen LogP contribution in [-0.2, 0) is 11.2 Å². The van der Waals surface area contributed by atoms with Crippen molar-refractivity contribution in [1.29, 1.82) is 0 Å². The van der Waals surface area contributed by atoms with E-state index < -0.39 is 6.10 Å². The van der Waals surface area contributed by atoms with E-state index in [9.17, 15) is 9.90 Å². The van der Waals surface area contributed by atoms with Crippen LogP contribution in [0.15, 0.2) is 51.4 Å². The number of aliphatic hydroxyl groups excluding tert-OH is 1. The molecule has 4 rings (SSSR count). The SMILES string of the molecule is Cc1ccc(C(CCC(C)C)NC(=O)Cc2ccc3oc(C(O)c4c(C)noc4C)cc3c2)c(N(C)C)c1. The molecule has 0 aliphatic rings. The number of aryl methyl sites for hydroxylation is 3. The molecule has 2 unspecified atom stereocenters. The number of benzene rings is 2. The summed E-state index contributed by atoms with van der Waals surface area (Å²) in [4.78, 5) is 15.4. The Morgan fingerprint density at radius 3 is 2.47 bits per heavy atom. The lowest BCUT2D eigenvalue weighted by Crippen LogP contribution is -2.31. The fourth-order valence-electron chi connectivity index (χ4n) is 4.95. The van der Waals surface area contributed by atoms with Gasteiger partial charge in [-0.1, -0.05) is 37.2 Å². The second-order valence-electron chi connectivity index (χ2n) is 10.9. The third kappa shape index (κ3) is 6.10. The minimum absolute atomic E-state index is 0.0251. The Kier molecular flexibility index (Phi) is 8.26. The molecule has 7 heteroatoms. The van der Waals surface area contributed by atoms with E-state index >= 15 is 0 Å². The summed E-state index contributed by atoms with van der Waals surface area (Å²) in [7, 11) is 4.08. The first-order valence-electron chi connectivity index (χ1n) is 13.2. The summed E-state index contributed by atoms with van der Waals surface area (Å²) in [6, 6.07) is 13.9. The van der Waals surface area contributed by atoms with Crippen molar-refractivity contribution in [1.82, 2.24) is 10.5 Å². The molecule has 0 saturated carbocycles. The monoisotopic (exact) mass is 517 g/mol. The number of hydrogen-bond acceptors (Lipinski definition) is 6. The number of carbonyl (C=O) groups excluding carboxylic acids is 1. The van der Waals surface area contributed by atoms with Gasteiger partial charge >= 0.3 is 0 Å². The van der Waals surface area contributed by atoms with Crippen molar-refractivity contribution in [2.24, 2.45) is 5.92 Å². The lowest BCUT2D eigenvalue weighted by Gasteiger charge is -2.26. The van der Waals surface area contributed by atoms with Crippen molar-refractivity contribution in [2.45, 2.75) is 66.0 Å². The zero-order chi connectivity index (χ0) is 27.6. The fourth-order valence-corrected chi connectivity index (χ4v) is 4.95. The Bertz CT molecular complexity index is 1400. The van der Waals surface area contributed by atoms with Crippen molar-refractivity contribution < 1.29 is 18.8 Å². The van der Waals surface area contributed by atoms with E-state index in [0.29, 0.717) is 34.3 Å². The van der Waals surface area contributed by atoms with E-state index in [1.807, 2.05) is 38.4 Å². The van der Waals surface area contributed by atoms with E-state index in [2.05, 4.69) is 54.3 Å². The quantitative estimate of drug-likeness (QED) is 0.255. The normalized spacial score (nSPS) is 13.2. The molecule has 1 amide bonds. The topological polar surface area (TPSA) is 91.7 Å². The number of hydrogen-bond donors (Lipinski definition) is 2. The van der Waals surface area contributed by atoms with Gasteiger partial charge in [0.2, 0.25) is 5.91 Å². The molecule has 0 bridgehead atoms. The van der Waals surface area contributed by atoms with Gasteiger partial charge in [-0.15, -0.1) is 0 Å². The molecule has 0 saturated heterocycles. The Morgan fingerprint density at radius 2 is 1.82 bits per heavy atom. The average Bonchev–Trinajstić information content (AvgIpc) is 3.43. The molecule has 2 aromatic heterocycles. The van der Waals surface area contributed by atoms with Crippen LogP contribution >= 0.6 is 0 Å². The second-order valence-corrected chi connectivity index (χ2v) is 10.9. The highest BCUT2D eigenvalue weighted by molar-refractivity contribution is 5.83. The summed E-state index contributed by atoms with van der Waals surface area (Å²) < 4.78 is 11.1. The molecule has 4 aromatic rings. The average molecular weight is 518 g/mol. The van der Waals surface area contributed by atoms with E-state index in [1.165, 1.54) is 5.56 Å². The second kappa shape index (κ2) is 11.4. The first-order valence-corrected chi connectivity index (χ1v) is 13.2. The number of nitrogens with one attached hydrogen (secondary N) is 1. The molecule has 2 aromatic carbocycles. The van der Waals surface area contributed by atoms with Crippen LogP contribution in [0.5, 0.6) is 0 Å². The predicted molar refractivity (Wildman–Crippen MR) is 150 cm³/mol. The maximum Gasteiger partial charge on any atom is 0.224 e. The van der Waals surface area contributed by atoms with Gasteiger partial charge in [0.15, 0.2) is 0 Å². The van der Waals surface area contributed by atoms with Crippen LogP contribution in [0.25, 0.3) is 11.0 Å². The molecule has 2 heterocycles. The fraction of sp³-hybridized carbons (Fsp3) is 0.419. The van der Waals surface area contributed by atoms with Crippen molar-refractivity contribution in [2.75, 3.05) is 19.0 Å². The zero-order valence-electron chi connectivity index (χ0n) is 23.5. The highest BCUT2D eigenvalue weighted by Crippen LogP contribution is 2.33. The highest BCUT2D eigenvalue weighted by atomic mass is 16.5. The van der Waals surface area contributed by atoms with Crippen LogP contribution in [0.1, 0.15) is 78.3 Å². The maximum atomic E-state index is 13.3. The number of anilines is 1. The van der Waals surface area contributed by atoms with Crippen molar-refractivity contribution >= 4 is 22.6 Å². The van der Waals surface area contributed by atoms with Crippen LogP contribution < -0.4 is 10.2 Å². The molecular weight excluding hydrogens is 478 g/mol. The predicted octanol–water partition coefficient (Wildman–Crippen LogP) is 6.33. The summed E-state index contributed by atoms with van der Waals surface area (Å²) in [6.45, 7) is 10.1.